The molecule has 0 spiro atoms. The first-order valence-corrected chi connectivity index (χ1v) is 8.07. The van der Waals surface area contributed by atoms with Gasteiger partial charge < -0.3 is 20.5 Å². The molecule has 0 aliphatic rings. The number of carbonyl (C=O) groups is 1. The fraction of sp³-hybridized carbons (Fsp3) is 0.250. The molecule has 0 heterocycles. The smallest absolute Gasteiger partial charge is 0.216 e. The highest BCUT2D eigenvalue weighted by Crippen LogP contribution is 2.34. The van der Waals surface area contributed by atoms with E-state index >= 15 is 0 Å². The molecule has 1 amide bonds. The van der Waals surface area contributed by atoms with Crippen molar-refractivity contribution in [1.29, 1.82) is 0 Å². The van der Waals surface area contributed by atoms with Crippen molar-refractivity contribution in [2.45, 2.75) is 13.3 Å². The minimum absolute atomic E-state index is 0.0739. The van der Waals surface area contributed by atoms with E-state index in [-0.39, 0.29) is 5.91 Å². The number of rotatable bonds is 7. The fourth-order valence-electron chi connectivity index (χ4n) is 2.62. The van der Waals surface area contributed by atoms with Gasteiger partial charge in [0.05, 0.1) is 14.2 Å². The van der Waals surface area contributed by atoms with Crippen LogP contribution in [0.1, 0.15) is 24.5 Å². The Hall–Kier alpha value is -2.95. The van der Waals surface area contributed by atoms with Crippen LogP contribution >= 0.6 is 0 Å². The molecule has 0 aliphatic heterocycles. The van der Waals surface area contributed by atoms with Crippen LogP contribution in [0, 0.1) is 0 Å². The molecule has 0 unspecified atom stereocenters. The van der Waals surface area contributed by atoms with E-state index in [9.17, 15) is 4.79 Å². The Balaban J connectivity index is 2.53. The lowest BCUT2D eigenvalue weighted by Gasteiger charge is -2.17. The molecule has 0 aromatic heterocycles. The molecule has 0 radical (unpaired) electrons. The van der Waals surface area contributed by atoms with Gasteiger partial charge >= 0.3 is 0 Å². The van der Waals surface area contributed by atoms with Gasteiger partial charge in [-0.3, -0.25) is 4.79 Å². The maximum absolute atomic E-state index is 11.2. The Morgan fingerprint density at radius 2 is 1.80 bits per heavy atom. The van der Waals surface area contributed by atoms with Crippen LogP contribution in [0.4, 0.5) is 0 Å². The van der Waals surface area contributed by atoms with Crippen LogP contribution in [0.2, 0.25) is 0 Å². The zero-order valence-corrected chi connectivity index (χ0v) is 14.8. The molecule has 5 nitrogen and oxygen atoms in total. The molecule has 2 aromatic carbocycles. The summed E-state index contributed by atoms with van der Waals surface area (Å²) in [7, 11) is 3.24. The Labute approximate surface area is 148 Å². The summed E-state index contributed by atoms with van der Waals surface area (Å²) in [4.78, 5) is 11.2. The van der Waals surface area contributed by atoms with Gasteiger partial charge in [-0.05, 0) is 35.8 Å². The van der Waals surface area contributed by atoms with E-state index < -0.39 is 0 Å². The first-order valence-electron chi connectivity index (χ1n) is 8.07. The number of hydrogen-bond donors (Lipinski definition) is 2. The first-order chi connectivity index (χ1) is 12.1. The van der Waals surface area contributed by atoms with E-state index in [1.807, 2.05) is 48.5 Å². The van der Waals surface area contributed by atoms with Gasteiger partial charge in [0.15, 0.2) is 0 Å². The number of nitrogens with one attached hydrogen (secondary N) is 1. The SMILES string of the molecule is COc1ccc(OC)c(/C(CCNC(C)=O)=C(\N)c2ccccc2)c1. The molecular weight excluding hydrogens is 316 g/mol. The normalized spacial score (nSPS) is 11.5. The van der Waals surface area contributed by atoms with Crippen molar-refractivity contribution in [2.24, 2.45) is 5.73 Å². The Kier molecular flexibility index (Phi) is 6.46. The quantitative estimate of drug-likeness (QED) is 0.760. The molecule has 0 aliphatic carbocycles. The first kappa shape index (κ1) is 18.4. The summed E-state index contributed by atoms with van der Waals surface area (Å²) in [5.74, 6) is 1.35. The zero-order valence-electron chi connectivity index (χ0n) is 14.8. The fourth-order valence-corrected chi connectivity index (χ4v) is 2.62. The van der Waals surface area contributed by atoms with Crippen LogP contribution in [0.15, 0.2) is 48.5 Å². The third-order valence-electron chi connectivity index (χ3n) is 3.89. The van der Waals surface area contributed by atoms with Gasteiger partial charge in [-0.1, -0.05) is 30.3 Å². The summed E-state index contributed by atoms with van der Waals surface area (Å²) in [6.07, 6.45) is 0.573. The highest BCUT2D eigenvalue weighted by atomic mass is 16.5. The number of carbonyl (C=O) groups excluding carboxylic acids is 1. The number of ether oxygens (including phenoxy) is 2. The number of hydrogen-bond acceptors (Lipinski definition) is 4. The maximum atomic E-state index is 11.2. The highest BCUT2D eigenvalue weighted by molar-refractivity contribution is 5.91. The molecule has 0 saturated heterocycles. The molecule has 25 heavy (non-hydrogen) atoms. The zero-order chi connectivity index (χ0) is 18.2. The minimum atomic E-state index is -0.0739. The molecule has 3 N–H and O–H groups in total. The van der Waals surface area contributed by atoms with Crippen LogP contribution in [-0.2, 0) is 4.79 Å². The summed E-state index contributed by atoms with van der Waals surface area (Å²) in [6, 6.07) is 15.3. The maximum Gasteiger partial charge on any atom is 0.216 e. The molecule has 0 saturated carbocycles. The van der Waals surface area contributed by atoms with E-state index in [0.717, 1.165) is 16.7 Å². The standard InChI is InChI=1S/C20H24N2O3/c1-14(23)22-12-11-17(20(21)15-7-5-4-6-8-15)18-13-16(24-2)9-10-19(18)25-3/h4-10,13H,11-12,21H2,1-3H3,(H,22,23)/b20-17-. The predicted octanol–water partition coefficient (Wildman–Crippen LogP) is 3.06. The van der Waals surface area contributed by atoms with Crippen LogP contribution in [0.25, 0.3) is 11.3 Å². The van der Waals surface area contributed by atoms with Gasteiger partial charge in [0.25, 0.3) is 0 Å². The monoisotopic (exact) mass is 340 g/mol. The molecule has 5 heteroatoms. The third-order valence-corrected chi connectivity index (χ3v) is 3.89. The summed E-state index contributed by atoms with van der Waals surface area (Å²) in [6.45, 7) is 1.98. The number of amides is 1. The second-order valence-electron chi connectivity index (χ2n) is 5.56. The minimum Gasteiger partial charge on any atom is -0.497 e. The lowest BCUT2D eigenvalue weighted by atomic mass is 9.96. The lowest BCUT2D eigenvalue weighted by molar-refractivity contribution is -0.118. The van der Waals surface area contributed by atoms with Gasteiger partial charge in [-0.2, -0.15) is 0 Å². The van der Waals surface area contributed by atoms with Crippen molar-refractivity contribution in [3.05, 3.63) is 59.7 Å². The van der Waals surface area contributed by atoms with Crippen LogP contribution in [-0.4, -0.2) is 26.7 Å². The molecule has 2 aromatic rings. The van der Waals surface area contributed by atoms with Crippen molar-refractivity contribution >= 4 is 17.2 Å². The molecule has 132 valence electrons. The van der Waals surface area contributed by atoms with Crippen molar-refractivity contribution in [1.82, 2.24) is 5.32 Å². The largest absolute Gasteiger partial charge is 0.497 e. The summed E-state index contributed by atoms with van der Waals surface area (Å²) >= 11 is 0. The van der Waals surface area contributed by atoms with Crippen LogP contribution in [0.3, 0.4) is 0 Å². The Bertz CT molecular complexity index is 755. The second kappa shape index (κ2) is 8.78. The number of benzene rings is 2. The summed E-state index contributed by atoms with van der Waals surface area (Å²) in [5.41, 5.74) is 9.80. The molecular formula is C20H24N2O3. The number of methoxy groups -OCH3 is 2. The number of nitrogens with two attached hydrogens (primary N) is 1. The predicted molar refractivity (Wildman–Crippen MR) is 100 cm³/mol. The summed E-state index contributed by atoms with van der Waals surface area (Å²) in [5, 5.41) is 2.82. The third kappa shape index (κ3) is 4.76. The van der Waals surface area contributed by atoms with Crippen LogP contribution < -0.4 is 20.5 Å². The molecule has 2 rings (SSSR count). The van der Waals surface area contributed by atoms with E-state index in [2.05, 4.69) is 5.32 Å². The van der Waals surface area contributed by atoms with Gasteiger partial charge in [0, 0.05) is 24.7 Å². The van der Waals surface area contributed by atoms with Gasteiger partial charge in [-0.25, -0.2) is 0 Å². The Morgan fingerprint density at radius 1 is 1.08 bits per heavy atom. The van der Waals surface area contributed by atoms with E-state index in [0.29, 0.717) is 30.2 Å². The average Bonchev–Trinajstić information content (AvgIpc) is 2.64. The van der Waals surface area contributed by atoms with Gasteiger partial charge in [0.1, 0.15) is 11.5 Å². The van der Waals surface area contributed by atoms with Gasteiger partial charge in [0.2, 0.25) is 5.91 Å². The lowest BCUT2D eigenvalue weighted by Crippen LogP contribution is -2.21. The van der Waals surface area contributed by atoms with E-state index in [1.165, 1.54) is 6.92 Å². The van der Waals surface area contributed by atoms with Crippen molar-refractivity contribution in [2.75, 3.05) is 20.8 Å². The van der Waals surface area contributed by atoms with Gasteiger partial charge in [-0.15, -0.1) is 0 Å². The topological polar surface area (TPSA) is 73.6 Å². The van der Waals surface area contributed by atoms with E-state index in [4.69, 9.17) is 15.2 Å². The Morgan fingerprint density at radius 3 is 2.40 bits per heavy atom. The molecule has 0 bridgehead atoms. The van der Waals surface area contributed by atoms with Crippen molar-refractivity contribution in [3.63, 3.8) is 0 Å². The second-order valence-corrected chi connectivity index (χ2v) is 5.56. The summed E-state index contributed by atoms with van der Waals surface area (Å²) < 4.78 is 10.9. The van der Waals surface area contributed by atoms with Crippen LogP contribution in [0.5, 0.6) is 11.5 Å². The van der Waals surface area contributed by atoms with Crippen molar-refractivity contribution in [3.8, 4) is 11.5 Å². The molecule has 0 fully saturated rings. The highest BCUT2D eigenvalue weighted by Gasteiger charge is 2.15. The van der Waals surface area contributed by atoms with Crippen molar-refractivity contribution < 1.29 is 14.3 Å². The van der Waals surface area contributed by atoms with E-state index in [1.54, 1.807) is 14.2 Å². The average molecular weight is 340 g/mol. The molecule has 0 atom stereocenters.